The first-order valence-electron chi connectivity index (χ1n) is 6.04. The lowest BCUT2D eigenvalue weighted by Gasteiger charge is -2.36. The average Bonchev–Trinajstić information content (AvgIpc) is 2.34. The number of ether oxygens (including phenoxy) is 2. The Bertz CT molecular complexity index is 417. The number of hydrogen-bond donors (Lipinski definition) is 0. The highest BCUT2D eigenvalue weighted by Crippen LogP contribution is 2.41. The first-order valence-corrected chi connectivity index (χ1v) is 6.04. The lowest BCUT2D eigenvalue weighted by Crippen LogP contribution is -2.32. The van der Waals surface area contributed by atoms with Crippen LogP contribution < -0.4 is 9.47 Å². The molecule has 1 aromatic carbocycles. The number of hydrogen-bond acceptors (Lipinski definition) is 3. The summed E-state index contributed by atoms with van der Waals surface area (Å²) in [6.07, 6.45) is 0. The molecule has 0 saturated carbocycles. The second-order valence-corrected chi connectivity index (χ2v) is 4.85. The highest BCUT2D eigenvalue weighted by molar-refractivity contribution is 5.50. The topological polar surface area (TPSA) is 21.7 Å². The van der Waals surface area contributed by atoms with E-state index in [0.717, 1.165) is 18.0 Å². The van der Waals surface area contributed by atoms with Gasteiger partial charge in [-0.2, -0.15) is 0 Å². The molecule has 0 spiro atoms. The van der Waals surface area contributed by atoms with E-state index in [0.29, 0.717) is 12.0 Å². The minimum Gasteiger partial charge on any atom is -0.493 e. The average molecular weight is 235 g/mol. The molecule has 3 heteroatoms. The van der Waals surface area contributed by atoms with Gasteiger partial charge in [0.1, 0.15) is 0 Å². The van der Waals surface area contributed by atoms with E-state index in [2.05, 4.69) is 37.9 Å². The van der Waals surface area contributed by atoms with Crippen LogP contribution >= 0.6 is 0 Å². The summed E-state index contributed by atoms with van der Waals surface area (Å²) in [4.78, 5) is 2.37. The van der Waals surface area contributed by atoms with Crippen molar-refractivity contribution in [2.24, 2.45) is 0 Å². The van der Waals surface area contributed by atoms with Crippen molar-refractivity contribution in [1.82, 2.24) is 4.90 Å². The zero-order valence-electron chi connectivity index (χ0n) is 11.3. The second-order valence-electron chi connectivity index (χ2n) is 4.85. The van der Waals surface area contributed by atoms with Crippen molar-refractivity contribution in [2.75, 3.05) is 27.8 Å². The molecular weight excluding hydrogens is 214 g/mol. The Morgan fingerprint density at radius 2 is 1.59 bits per heavy atom. The van der Waals surface area contributed by atoms with Crippen LogP contribution in [0.4, 0.5) is 0 Å². The molecule has 0 amide bonds. The Morgan fingerprint density at radius 3 is 2.12 bits per heavy atom. The Hall–Kier alpha value is -1.22. The van der Waals surface area contributed by atoms with Crippen LogP contribution in [-0.2, 0) is 0 Å². The van der Waals surface area contributed by atoms with E-state index in [9.17, 15) is 0 Å². The van der Waals surface area contributed by atoms with Crippen molar-refractivity contribution in [2.45, 2.75) is 25.8 Å². The van der Waals surface area contributed by atoms with E-state index in [1.807, 2.05) is 0 Å². The highest BCUT2D eigenvalue weighted by Gasteiger charge is 2.27. The van der Waals surface area contributed by atoms with Crippen LogP contribution in [0, 0.1) is 0 Å². The van der Waals surface area contributed by atoms with Gasteiger partial charge in [-0.15, -0.1) is 0 Å². The fraction of sp³-hybridized carbons (Fsp3) is 0.571. The molecule has 1 aliphatic heterocycles. The molecule has 94 valence electrons. The molecule has 0 N–H and O–H groups in total. The summed E-state index contributed by atoms with van der Waals surface area (Å²) >= 11 is 0. The molecule has 1 aliphatic rings. The SMILES string of the molecule is COc1cc2c(cc1OC)[C@H](C)N(C)C[C@@H]2C. The lowest BCUT2D eigenvalue weighted by atomic mass is 9.86. The number of nitrogens with zero attached hydrogens (tertiary/aromatic N) is 1. The third-order valence-electron chi connectivity index (χ3n) is 3.79. The van der Waals surface area contributed by atoms with Crippen molar-refractivity contribution in [3.8, 4) is 11.5 Å². The van der Waals surface area contributed by atoms with Crippen molar-refractivity contribution >= 4 is 0 Å². The molecule has 2 rings (SSSR count). The van der Waals surface area contributed by atoms with E-state index >= 15 is 0 Å². The maximum absolute atomic E-state index is 5.38. The molecule has 0 unspecified atom stereocenters. The van der Waals surface area contributed by atoms with Gasteiger partial charge >= 0.3 is 0 Å². The van der Waals surface area contributed by atoms with E-state index in [1.165, 1.54) is 11.1 Å². The number of fused-ring (bicyclic) bond motifs is 1. The molecule has 17 heavy (non-hydrogen) atoms. The van der Waals surface area contributed by atoms with Crippen molar-refractivity contribution < 1.29 is 9.47 Å². The summed E-state index contributed by atoms with van der Waals surface area (Å²) in [6, 6.07) is 4.67. The van der Waals surface area contributed by atoms with E-state index < -0.39 is 0 Å². The predicted molar refractivity (Wildman–Crippen MR) is 69.0 cm³/mol. The molecule has 0 saturated heterocycles. The highest BCUT2D eigenvalue weighted by atomic mass is 16.5. The third-order valence-corrected chi connectivity index (χ3v) is 3.79. The summed E-state index contributed by atoms with van der Waals surface area (Å²) in [7, 11) is 5.54. The van der Waals surface area contributed by atoms with Crippen LogP contribution in [0.15, 0.2) is 12.1 Å². The first kappa shape index (κ1) is 12.2. The fourth-order valence-electron chi connectivity index (χ4n) is 2.62. The standard InChI is InChI=1S/C14H21NO2/c1-9-8-15(3)10(2)12-7-14(17-5)13(16-4)6-11(9)12/h6-7,9-10H,8H2,1-5H3/t9-,10-/m0/s1. The fourth-order valence-corrected chi connectivity index (χ4v) is 2.62. The van der Waals surface area contributed by atoms with Crippen molar-refractivity contribution in [3.63, 3.8) is 0 Å². The molecule has 1 aromatic rings. The molecule has 2 atom stereocenters. The molecule has 0 radical (unpaired) electrons. The summed E-state index contributed by atoms with van der Waals surface area (Å²) in [5.74, 6) is 2.18. The molecule has 3 nitrogen and oxygen atoms in total. The number of benzene rings is 1. The molecule has 0 fully saturated rings. The smallest absolute Gasteiger partial charge is 0.161 e. The number of methoxy groups -OCH3 is 2. The zero-order chi connectivity index (χ0) is 12.6. The van der Waals surface area contributed by atoms with Gasteiger partial charge in [-0.1, -0.05) is 6.92 Å². The van der Waals surface area contributed by atoms with Crippen LogP contribution in [0.25, 0.3) is 0 Å². The van der Waals surface area contributed by atoms with Gasteiger partial charge in [0.25, 0.3) is 0 Å². The number of rotatable bonds is 2. The summed E-state index contributed by atoms with van der Waals surface area (Å²) in [5, 5.41) is 0. The van der Waals surface area contributed by atoms with Gasteiger partial charge in [0.05, 0.1) is 14.2 Å². The minimum atomic E-state index is 0.431. The quantitative estimate of drug-likeness (QED) is 0.786. The number of likely N-dealkylation sites (N-methyl/N-ethyl adjacent to an activating group) is 1. The van der Waals surface area contributed by atoms with E-state index in [4.69, 9.17) is 9.47 Å². The maximum Gasteiger partial charge on any atom is 0.161 e. The van der Waals surface area contributed by atoms with Crippen LogP contribution in [0.1, 0.15) is 36.9 Å². The summed E-state index contributed by atoms with van der Waals surface area (Å²) in [6.45, 7) is 5.58. The van der Waals surface area contributed by atoms with Gasteiger partial charge in [0.15, 0.2) is 11.5 Å². The predicted octanol–water partition coefficient (Wildman–Crippen LogP) is 2.81. The Labute approximate surface area is 103 Å². The largest absolute Gasteiger partial charge is 0.493 e. The van der Waals surface area contributed by atoms with Crippen LogP contribution in [-0.4, -0.2) is 32.7 Å². The van der Waals surface area contributed by atoms with Crippen molar-refractivity contribution in [3.05, 3.63) is 23.3 Å². The zero-order valence-corrected chi connectivity index (χ0v) is 11.3. The normalized spacial score (nSPS) is 24.3. The van der Waals surface area contributed by atoms with E-state index in [1.54, 1.807) is 14.2 Å². The van der Waals surface area contributed by atoms with Crippen LogP contribution in [0.2, 0.25) is 0 Å². The summed E-state index contributed by atoms with van der Waals surface area (Å²) in [5.41, 5.74) is 2.73. The molecule has 0 aliphatic carbocycles. The monoisotopic (exact) mass is 235 g/mol. The van der Waals surface area contributed by atoms with Gasteiger partial charge in [0.2, 0.25) is 0 Å². The van der Waals surface area contributed by atoms with Crippen molar-refractivity contribution in [1.29, 1.82) is 0 Å². The first-order chi connectivity index (χ1) is 8.08. The molecule has 0 aromatic heterocycles. The molecular formula is C14H21NO2. The Kier molecular flexibility index (Phi) is 3.29. The van der Waals surface area contributed by atoms with Gasteiger partial charge in [-0.05, 0) is 43.1 Å². The summed E-state index contributed by atoms with van der Waals surface area (Å²) < 4.78 is 10.8. The minimum absolute atomic E-state index is 0.431. The van der Waals surface area contributed by atoms with Gasteiger partial charge in [-0.3, -0.25) is 4.90 Å². The maximum atomic E-state index is 5.38. The van der Waals surface area contributed by atoms with Crippen LogP contribution in [0.3, 0.4) is 0 Å². The molecule has 1 heterocycles. The third kappa shape index (κ3) is 2.00. The van der Waals surface area contributed by atoms with Gasteiger partial charge in [-0.25, -0.2) is 0 Å². The Balaban J connectivity index is 2.54. The molecule has 0 bridgehead atoms. The lowest BCUT2D eigenvalue weighted by molar-refractivity contribution is 0.227. The van der Waals surface area contributed by atoms with Gasteiger partial charge in [0, 0.05) is 12.6 Å². The second kappa shape index (κ2) is 4.57. The van der Waals surface area contributed by atoms with Gasteiger partial charge < -0.3 is 9.47 Å². The van der Waals surface area contributed by atoms with Crippen LogP contribution in [0.5, 0.6) is 11.5 Å². The Morgan fingerprint density at radius 1 is 1.06 bits per heavy atom. The van der Waals surface area contributed by atoms with E-state index in [-0.39, 0.29) is 0 Å².